The summed E-state index contributed by atoms with van der Waals surface area (Å²) in [5.74, 6) is -0.828. The van der Waals surface area contributed by atoms with E-state index in [1.807, 2.05) is 0 Å². The fourth-order valence-corrected chi connectivity index (χ4v) is 1.91. The normalized spacial score (nSPS) is 9.61. The zero-order valence-corrected chi connectivity index (χ0v) is 11.2. The van der Waals surface area contributed by atoms with Gasteiger partial charge in [-0.3, -0.25) is 4.79 Å². The first-order chi connectivity index (χ1) is 8.66. The predicted molar refractivity (Wildman–Crippen MR) is 68.9 cm³/mol. The van der Waals surface area contributed by atoms with Crippen molar-refractivity contribution in [3.05, 3.63) is 39.8 Å². The first-order valence-corrected chi connectivity index (χ1v) is 6.38. The smallest absolute Gasteiger partial charge is 0.364 e. The molecule has 0 radical (unpaired) electrons. The molecule has 0 atom stereocenters. The highest BCUT2D eigenvalue weighted by molar-refractivity contribution is 9.10. The molecule has 0 saturated carbocycles. The van der Waals surface area contributed by atoms with Crippen molar-refractivity contribution in [1.82, 2.24) is 9.90 Å². The average Bonchev–Trinajstić information content (AvgIpc) is 2.85. The minimum absolute atomic E-state index is 0.0578. The van der Waals surface area contributed by atoms with Gasteiger partial charge in [-0.25, -0.2) is 4.98 Å². The number of carbonyl (C=O) groups is 1. The number of aromatic hydroxyl groups is 1. The first-order valence-electron chi connectivity index (χ1n) is 4.71. The zero-order valence-electron chi connectivity index (χ0n) is 8.82. The second-order valence-electron chi connectivity index (χ2n) is 3.07. The van der Waals surface area contributed by atoms with E-state index in [4.69, 9.17) is 0 Å². The Bertz CT molecular complexity index is 635. The number of phenolic OH excluding ortho intramolecular Hbond substituents is 1. The molecule has 2 aromatic rings. The Morgan fingerprint density at radius 2 is 2.33 bits per heavy atom. The maximum Gasteiger partial charge on any atom is 0.364 e. The van der Waals surface area contributed by atoms with E-state index in [2.05, 4.69) is 36.1 Å². The third kappa shape index (κ3) is 3.07. The van der Waals surface area contributed by atoms with E-state index < -0.39 is 5.91 Å². The molecule has 0 unspecified atom stereocenters. The van der Waals surface area contributed by atoms with Crippen molar-refractivity contribution in [1.29, 1.82) is 0 Å². The highest BCUT2D eigenvalue weighted by Crippen LogP contribution is 2.22. The number of hydrogen-bond donors (Lipinski definition) is 1. The van der Waals surface area contributed by atoms with Crippen LogP contribution >= 0.6 is 27.3 Å². The van der Waals surface area contributed by atoms with Gasteiger partial charge in [0.2, 0.25) is 10.0 Å². The van der Waals surface area contributed by atoms with Crippen molar-refractivity contribution in [2.45, 2.75) is 0 Å². The minimum atomic E-state index is -0.672. The van der Waals surface area contributed by atoms with Crippen molar-refractivity contribution < 1.29 is 9.90 Å². The van der Waals surface area contributed by atoms with E-state index in [0.717, 1.165) is 0 Å². The maximum absolute atomic E-state index is 11.6. The van der Waals surface area contributed by atoms with E-state index in [0.29, 0.717) is 9.60 Å². The Balaban J connectivity index is 2.22. The van der Waals surface area contributed by atoms with Gasteiger partial charge in [-0.15, -0.1) is 0 Å². The summed E-state index contributed by atoms with van der Waals surface area (Å²) in [4.78, 5) is 18.9. The minimum Gasteiger partial charge on any atom is -0.507 e. The largest absolute Gasteiger partial charge is 0.507 e. The summed E-state index contributed by atoms with van der Waals surface area (Å²) in [5, 5.41) is 18.7. The molecule has 0 spiro atoms. The Morgan fingerprint density at radius 1 is 1.50 bits per heavy atom. The third-order valence-corrected chi connectivity index (χ3v) is 3.02. The molecule has 0 bridgehead atoms. The van der Waals surface area contributed by atoms with Crippen molar-refractivity contribution >= 4 is 38.3 Å². The highest BCUT2D eigenvalue weighted by Gasteiger charge is 2.15. The molecule has 2 rings (SSSR count). The molecule has 0 aliphatic heterocycles. The lowest BCUT2D eigenvalue weighted by atomic mass is 10.2. The van der Waals surface area contributed by atoms with Crippen LogP contribution in [0, 0.1) is 0 Å². The van der Waals surface area contributed by atoms with Crippen LogP contribution < -0.4 is 4.91 Å². The van der Waals surface area contributed by atoms with Crippen molar-refractivity contribution in [2.24, 2.45) is 10.2 Å². The molecule has 18 heavy (non-hydrogen) atoms. The molecule has 1 aromatic heterocycles. The number of phenols is 1. The lowest BCUT2D eigenvalue weighted by molar-refractivity contribution is 0.0990. The van der Waals surface area contributed by atoms with Crippen LogP contribution in [0.25, 0.3) is 0 Å². The summed E-state index contributed by atoms with van der Waals surface area (Å²) in [6.45, 7) is 0. The second kappa shape index (κ2) is 5.63. The number of hydrogen-bond acceptors (Lipinski definition) is 5. The topological polar surface area (TPSA) is 89.0 Å². The summed E-state index contributed by atoms with van der Waals surface area (Å²) < 4.78 is 0.663. The van der Waals surface area contributed by atoms with Crippen LogP contribution in [0.3, 0.4) is 0 Å². The number of benzene rings is 1. The Hall–Kier alpha value is -1.89. The van der Waals surface area contributed by atoms with Crippen LogP contribution in [0.5, 0.6) is 5.75 Å². The molecule has 0 aliphatic rings. The standard InChI is InChI=1S/C10H5BrN4O2S/c11-6-1-2-8(16)7(5-6)9(17)13-15-14-10-12-3-4-18-10/h1-5H/p+1. The Kier molecular flexibility index (Phi) is 3.93. The first kappa shape index (κ1) is 12.6. The Labute approximate surface area is 114 Å². The van der Waals surface area contributed by atoms with E-state index in [-0.39, 0.29) is 11.3 Å². The van der Waals surface area contributed by atoms with Gasteiger partial charge in [0.05, 0.1) is 5.56 Å². The lowest BCUT2D eigenvalue weighted by Crippen LogP contribution is -1.95. The van der Waals surface area contributed by atoms with Gasteiger partial charge in [-0.1, -0.05) is 27.3 Å². The summed E-state index contributed by atoms with van der Waals surface area (Å²) in [7, 11) is 0. The molecule has 1 aromatic carbocycles. The number of thiazole rings is 1. The number of carbonyl (C=O) groups excluding carboxylic acids is 1. The number of rotatable bonds is 2. The fourth-order valence-electron chi connectivity index (χ4n) is 1.10. The van der Waals surface area contributed by atoms with Crippen LogP contribution in [-0.4, -0.2) is 16.0 Å². The van der Waals surface area contributed by atoms with Gasteiger partial charge < -0.3 is 5.11 Å². The molecule has 0 fully saturated rings. The van der Waals surface area contributed by atoms with E-state index >= 15 is 0 Å². The monoisotopic (exact) mass is 325 g/mol. The summed E-state index contributed by atoms with van der Waals surface area (Å²) in [6, 6.07) is 4.47. The number of amides is 1. The quantitative estimate of drug-likeness (QED) is 0.679. The highest BCUT2D eigenvalue weighted by atomic mass is 79.9. The summed E-state index contributed by atoms with van der Waals surface area (Å²) in [6.07, 6.45) is 1.57. The predicted octanol–water partition coefficient (Wildman–Crippen LogP) is 3.05. The molecule has 1 heterocycles. The summed E-state index contributed by atoms with van der Waals surface area (Å²) >= 11 is 4.47. The fraction of sp³-hybridized carbons (Fsp3) is 0. The molecule has 0 aliphatic carbocycles. The van der Waals surface area contributed by atoms with Gasteiger partial charge >= 0.3 is 5.91 Å². The van der Waals surface area contributed by atoms with Gasteiger partial charge in [0.15, 0.2) is 5.11 Å². The van der Waals surface area contributed by atoms with E-state index in [1.165, 1.54) is 23.5 Å². The van der Waals surface area contributed by atoms with Crippen LogP contribution in [0.15, 0.2) is 44.5 Å². The van der Waals surface area contributed by atoms with Crippen LogP contribution in [0.1, 0.15) is 10.4 Å². The van der Waals surface area contributed by atoms with E-state index in [1.54, 1.807) is 17.6 Å². The molecule has 0 saturated heterocycles. The van der Waals surface area contributed by atoms with Crippen LogP contribution in [0.4, 0.5) is 5.13 Å². The lowest BCUT2D eigenvalue weighted by Gasteiger charge is -1.96. The molecule has 6 nitrogen and oxygen atoms in total. The molecule has 90 valence electrons. The average molecular weight is 326 g/mol. The molecule has 1 N–H and O–H groups in total. The van der Waals surface area contributed by atoms with Gasteiger partial charge in [-0.05, 0) is 18.2 Å². The molecule has 1 amide bonds. The molecular weight excluding hydrogens is 320 g/mol. The van der Waals surface area contributed by atoms with Crippen LogP contribution in [0.2, 0.25) is 0 Å². The van der Waals surface area contributed by atoms with Gasteiger partial charge in [-0.2, -0.15) is 0 Å². The number of nitrogens with zero attached hydrogens (tertiary/aromatic N) is 4. The van der Waals surface area contributed by atoms with Crippen molar-refractivity contribution in [2.75, 3.05) is 0 Å². The SMILES string of the molecule is O=C(N=[N+]=Nc1nccs1)c1cc(Br)ccc1O. The zero-order chi connectivity index (χ0) is 13.0. The number of aromatic nitrogens is 1. The Morgan fingerprint density at radius 3 is 3.06 bits per heavy atom. The van der Waals surface area contributed by atoms with Gasteiger partial charge in [0.1, 0.15) is 5.75 Å². The molecular formula is C10H6BrN4O2S+. The van der Waals surface area contributed by atoms with Gasteiger partial charge in [0, 0.05) is 16.0 Å². The molecule has 8 heteroatoms. The summed E-state index contributed by atoms with van der Waals surface area (Å²) in [5.41, 5.74) is 0.0578. The van der Waals surface area contributed by atoms with E-state index in [9.17, 15) is 9.90 Å². The van der Waals surface area contributed by atoms with Gasteiger partial charge in [0.25, 0.3) is 5.13 Å². The van der Waals surface area contributed by atoms with Crippen molar-refractivity contribution in [3.8, 4) is 5.75 Å². The third-order valence-electron chi connectivity index (χ3n) is 1.87. The van der Waals surface area contributed by atoms with Crippen molar-refractivity contribution in [3.63, 3.8) is 0 Å². The second-order valence-corrected chi connectivity index (χ2v) is 4.86. The number of halogens is 1. The maximum atomic E-state index is 11.6. The van der Waals surface area contributed by atoms with Crippen LogP contribution in [-0.2, 0) is 0 Å².